The zero-order valence-electron chi connectivity index (χ0n) is 14.4. The van der Waals surface area contributed by atoms with Gasteiger partial charge in [-0.3, -0.25) is 9.52 Å². The summed E-state index contributed by atoms with van der Waals surface area (Å²) in [4.78, 5) is 12.3. The topological polar surface area (TPSA) is 84.5 Å². The van der Waals surface area contributed by atoms with Crippen LogP contribution in [0, 0.1) is 0 Å². The van der Waals surface area contributed by atoms with Crippen molar-refractivity contribution in [1.82, 2.24) is 5.32 Å². The summed E-state index contributed by atoms with van der Waals surface area (Å²) < 4.78 is 30.6. The van der Waals surface area contributed by atoms with Crippen LogP contribution in [-0.2, 0) is 10.0 Å². The molecule has 1 unspecified atom stereocenters. The van der Waals surface area contributed by atoms with E-state index in [0.717, 1.165) is 11.3 Å². The number of hydrogen-bond acceptors (Lipinski definition) is 4. The first-order chi connectivity index (χ1) is 11.8. The van der Waals surface area contributed by atoms with Crippen molar-refractivity contribution in [3.8, 4) is 5.75 Å². The lowest BCUT2D eigenvalue weighted by Gasteiger charge is -2.15. The van der Waals surface area contributed by atoms with Crippen LogP contribution in [-0.4, -0.2) is 27.2 Å². The predicted octanol–water partition coefficient (Wildman–Crippen LogP) is 2.95. The molecule has 2 N–H and O–H groups in total. The number of methoxy groups -OCH3 is 1. The number of amides is 1. The van der Waals surface area contributed by atoms with E-state index in [1.165, 1.54) is 0 Å². The van der Waals surface area contributed by atoms with Gasteiger partial charge in [0.2, 0.25) is 10.0 Å². The Balaban J connectivity index is 2.02. The first-order valence-electron chi connectivity index (χ1n) is 7.90. The summed E-state index contributed by atoms with van der Waals surface area (Å²) in [5.41, 5.74) is 1.85. The van der Waals surface area contributed by atoms with Gasteiger partial charge in [0, 0.05) is 11.3 Å². The molecule has 0 saturated heterocycles. The zero-order valence-corrected chi connectivity index (χ0v) is 15.3. The number of ether oxygens (including phenoxy) is 1. The van der Waals surface area contributed by atoms with Crippen LogP contribution < -0.4 is 14.8 Å². The molecule has 134 valence electrons. The van der Waals surface area contributed by atoms with Gasteiger partial charge in [0.25, 0.3) is 5.91 Å². The number of rotatable bonds is 7. The summed E-state index contributed by atoms with van der Waals surface area (Å²) in [6.07, 6.45) is 0. The summed E-state index contributed by atoms with van der Waals surface area (Å²) in [6.45, 7) is 3.45. The molecule has 2 aromatic rings. The summed E-state index contributed by atoms with van der Waals surface area (Å²) in [6, 6.07) is 13.6. The fourth-order valence-electron chi connectivity index (χ4n) is 2.20. The van der Waals surface area contributed by atoms with Crippen molar-refractivity contribution in [3.05, 3.63) is 59.7 Å². The van der Waals surface area contributed by atoms with Crippen molar-refractivity contribution >= 4 is 21.6 Å². The van der Waals surface area contributed by atoms with E-state index in [1.54, 1.807) is 38.3 Å². The zero-order chi connectivity index (χ0) is 18.4. The van der Waals surface area contributed by atoms with E-state index in [4.69, 9.17) is 4.74 Å². The maximum atomic E-state index is 12.3. The molecule has 0 aliphatic rings. The van der Waals surface area contributed by atoms with Crippen LogP contribution in [0.2, 0.25) is 0 Å². The van der Waals surface area contributed by atoms with E-state index in [9.17, 15) is 13.2 Å². The Bertz CT molecular complexity index is 815. The third-order valence-corrected chi connectivity index (χ3v) is 5.07. The van der Waals surface area contributed by atoms with E-state index in [-0.39, 0.29) is 17.7 Å². The van der Waals surface area contributed by atoms with Gasteiger partial charge in [0.15, 0.2) is 0 Å². The standard InChI is InChI=1S/C18H22N2O4S/c1-4-25(22,23)20-16-9-5-15(6-10-16)18(21)19-13(2)14-7-11-17(24-3)12-8-14/h5-13,20H,4H2,1-3H3,(H,19,21). The van der Waals surface area contributed by atoms with Crippen molar-refractivity contribution in [2.45, 2.75) is 19.9 Å². The highest BCUT2D eigenvalue weighted by atomic mass is 32.2. The van der Waals surface area contributed by atoms with Crippen LogP contribution >= 0.6 is 0 Å². The highest BCUT2D eigenvalue weighted by Crippen LogP contribution is 2.18. The number of hydrogen-bond donors (Lipinski definition) is 2. The summed E-state index contributed by atoms with van der Waals surface area (Å²) >= 11 is 0. The highest BCUT2D eigenvalue weighted by Gasteiger charge is 2.12. The van der Waals surface area contributed by atoms with Gasteiger partial charge in [-0.05, 0) is 55.8 Å². The van der Waals surface area contributed by atoms with Crippen LogP contribution in [0.3, 0.4) is 0 Å². The first kappa shape index (κ1) is 18.8. The summed E-state index contributed by atoms with van der Waals surface area (Å²) in [5, 5.41) is 2.91. The number of sulfonamides is 1. The van der Waals surface area contributed by atoms with Gasteiger partial charge in [-0.25, -0.2) is 8.42 Å². The molecule has 25 heavy (non-hydrogen) atoms. The lowest BCUT2D eigenvalue weighted by atomic mass is 10.1. The largest absolute Gasteiger partial charge is 0.497 e. The second kappa shape index (κ2) is 8.02. The van der Waals surface area contributed by atoms with E-state index in [2.05, 4.69) is 10.0 Å². The quantitative estimate of drug-likeness (QED) is 0.793. The average Bonchev–Trinajstić information content (AvgIpc) is 2.62. The van der Waals surface area contributed by atoms with Crippen LogP contribution in [0.5, 0.6) is 5.75 Å². The Hall–Kier alpha value is -2.54. The highest BCUT2D eigenvalue weighted by molar-refractivity contribution is 7.92. The molecule has 0 heterocycles. The fourth-order valence-corrected chi connectivity index (χ4v) is 2.84. The van der Waals surface area contributed by atoms with Gasteiger partial charge in [-0.2, -0.15) is 0 Å². The maximum Gasteiger partial charge on any atom is 0.251 e. The van der Waals surface area contributed by atoms with Crippen LogP contribution in [0.4, 0.5) is 5.69 Å². The number of nitrogens with one attached hydrogen (secondary N) is 2. The Labute approximate surface area is 148 Å². The van der Waals surface area contributed by atoms with Crippen molar-refractivity contribution in [2.24, 2.45) is 0 Å². The van der Waals surface area contributed by atoms with Gasteiger partial charge < -0.3 is 10.1 Å². The molecule has 0 spiro atoms. The molecular weight excluding hydrogens is 340 g/mol. The van der Waals surface area contributed by atoms with Crippen LogP contribution in [0.15, 0.2) is 48.5 Å². The molecule has 7 heteroatoms. The molecular formula is C18H22N2O4S. The second-order valence-electron chi connectivity index (χ2n) is 5.55. The molecule has 2 aromatic carbocycles. The molecule has 0 aromatic heterocycles. The molecule has 1 atom stereocenters. The molecule has 2 rings (SSSR count). The second-order valence-corrected chi connectivity index (χ2v) is 7.56. The molecule has 0 saturated carbocycles. The predicted molar refractivity (Wildman–Crippen MR) is 98.4 cm³/mol. The lowest BCUT2D eigenvalue weighted by Crippen LogP contribution is -2.26. The molecule has 0 bridgehead atoms. The van der Waals surface area contributed by atoms with E-state index >= 15 is 0 Å². The smallest absolute Gasteiger partial charge is 0.251 e. The van der Waals surface area contributed by atoms with Crippen molar-refractivity contribution in [3.63, 3.8) is 0 Å². The monoisotopic (exact) mass is 362 g/mol. The number of anilines is 1. The lowest BCUT2D eigenvalue weighted by molar-refractivity contribution is 0.0940. The fraction of sp³-hybridized carbons (Fsp3) is 0.278. The normalized spacial score (nSPS) is 12.3. The maximum absolute atomic E-state index is 12.3. The van der Waals surface area contributed by atoms with Crippen molar-refractivity contribution in [2.75, 3.05) is 17.6 Å². The Morgan fingerprint density at radius 3 is 2.20 bits per heavy atom. The third-order valence-electron chi connectivity index (χ3n) is 3.76. The van der Waals surface area contributed by atoms with Gasteiger partial charge in [0.1, 0.15) is 5.75 Å². The molecule has 0 aliphatic carbocycles. The number of benzene rings is 2. The van der Waals surface area contributed by atoms with Crippen molar-refractivity contribution < 1.29 is 17.9 Å². The van der Waals surface area contributed by atoms with Crippen molar-refractivity contribution in [1.29, 1.82) is 0 Å². The van der Waals surface area contributed by atoms with E-state index in [1.807, 2.05) is 31.2 Å². The average molecular weight is 362 g/mol. The Morgan fingerprint density at radius 1 is 1.08 bits per heavy atom. The minimum atomic E-state index is -3.33. The summed E-state index contributed by atoms with van der Waals surface area (Å²) in [5.74, 6) is 0.523. The molecule has 0 aliphatic heterocycles. The van der Waals surface area contributed by atoms with Gasteiger partial charge in [0.05, 0.1) is 18.9 Å². The Kier molecular flexibility index (Phi) is 6.03. The molecule has 0 fully saturated rings. The minimum absolute atomic E-state index is 0.00534. The van der Waals surface area contributed by atoms with Gasteiger partial charge >= 0.3 is 0 Å². The van der Waals surface area contributed by atoms with Crippen LogP contribution in [0.25, 0.3) is 0 Å². The van der Waals surface area contributed by atoms with Crippen LogP contribution in [0.1, 0.15) is 35.8 Å². The number of carbonyl (C=O) groups is 1. The Morgan fingerprint density at radius 2 is 1.68 bits per heavy atom. The van der Waals surface area contributed by atoms with E-state index < -0.39 is 10.0 Å². The summed E-state index contributed by atoms with van der Waals surface area (Å²) in [7, 11) is -1.73. The first-order valence-corrected chi connectivity index (χ1v) is 9.55. The third kappa shape index (κ3) is 5.22. The SMILES string of the molecule is CCS(=O)(=O)Nc1ccc(C(=O)NC(C)c2ccc(OC)cc2)cc1. The number of carbonyl (C=O) groups excluding carboxylic acids is 1. The molecule has 6 nitrogen and oxygen atoms in total. The molecule has 1 amide bonds. The minimum Gasteiger partial charge on any atom is -0.497 e. The van der Waals surface area contributed by atoms with E-state index in [0.29, 0.717) is 11.3 Å². The molecule has 0 radical (unpaired) electrons. The van der Waals surface area contributed by atoms with Gasteiger partial charge in [-0.15, -0.1) is 0 Å². The van der Waals surface area contributed by atoms with Gasteiger partial charge in [-0.1, -0.05) is 12.1 Å².